The van der Waals surface area contributed by atoms with E-state index in [0.717, 1.165) is 39.2 Å². The highest BCUT2D eigenvalue weighted by Gasteiger charge is 2.22. The Labute approximate surface area is 175 Å². The minimum atomic E-state index is 0.0338. The molecule has 6 nitrogen and oxygen atoms in total. The van der Waals surface area contributed by atoms with Gasteiger partial charge in [-0.1, -0.05) is 18.2 Å². The molecule has 5 rings (SSSR count). The summed E-state index contributed by atoms with van der Waals surface area (Å²) in [5.41, 5.74) is 6.85. The lowest BCUT2D eigenvalue weighted by Crippen LogP contribution is -2.03. The molecule has 7 heteroatoms. The molecule has 2 aromatic heterocycles. The summed E-state index contributed by atoms with van der Waals surface area (Å²) in [6, 6.07) is 16.4. The molecule has 0 saturated heterocycles. The van der Waals surface area contributed by atoms with Crippen molar-refractivity contribution in [2.24, 2.45) is 0 Å². The number of rotatable bonds is 3. The van der Waals surface area contributed by atoms with Crippen molar-refractivity contribution in [2.45, 2.75) is 6.42 Å². The number of carbonyl (C=O) groups excluding carboxylic acids is 1. The normalized spacial score (nSPS) is 12.9. The molecule has 0 aliphatic carbocycles. The fourth-order valence-corrected chi connectivity index (χ4v) is 3.99. The quantitative estimate of drug-likeness (QED) is 0.431. The Morgan fingerprint density at radius 2 is 1.89 bits per heavy atom. The summed E-state index contributed by atoms with van der Waals surface area (Å²) < 4.78 is 3.01. The monoisotopic (exact) mass is 481 g/mol. The van der Waals surface area contributed by atoms with Crippen LogP contribution in [0.2, 0.25) is 0 Å². The van der Waals surface area contributed by atoms with Crippen LogP contribution in [0.25, 0.3) is 27.9 Å². The SMILES string of the molecule is CNc1nccc2c(-c3ccc4c(c3)CC(=O)N4)c(-c3ccc(I)cc3)nn12. The number of hydrogen-bond acceptors (Lipinski definition) is 4. The van der Waals surface area contributed by atoms with Gasteiger partial charge in [0.2, 0.25) is 11.9 Å². The van der Waals surface area contributed by atoms with Gasteiger partial charge in [-0.05, 0) is 64.0 Å². The summed E-state index contributed by atoms with van der Waals surface area (Å²) in [6.45, 7) is 0. The maximum Gasteiger partial charge on any atom is 0.228 e. The molecular formula is C21H16IN5O. The zero-order chi connectivity index (χ0) is 19.3. The molecule has 0 saturated carbocycles. The Hall–Kier alpha value is -2.94. The fourth-order valence-electron chi connectivity index (χ4n) is 3.63. The number of carbonyl (C=O) groups is 1. The Bertz CT molecular complexity index is 1230. The smallest absolute Gasteiger partial charge is 0.228 e. The van der Waals surface area contributed by atoms with Crippen LogP contribution < -0.4 is 10.6 Å². The van der Waals surface area contributed by atoms with Crippen LogP contribution >= 0.6 is 22.6 Å². The van der Waals surface area contributed by atoms with E-state index in [2.05, 4.69) is 68.5 Å². The lowest BCUT2D eigenvalue weighted by molar-refractivity contribution is -0.115. The molecule has 2 N–H and O–H groups in total. The first-order valence-corrected chi connectivity index (χ1v) is 9.96. The molecule has 3 heterocycles. The van der Waals surface area contributed by atoms with Crippen molar-refractivity contribution in [3.8, 4) is 22.4 Å². The highest BCUT2D eigenvalue weighted by Crippen LogP contribution is 2.38. The lowest BCUT2D eigenvalue weighted by Gasteiger charge is -2.07. The molecule has 2 aromatic carbocycles. The molecule has 138 valence electrons. The van der Waals surface area contributed by atoms with Crippen molar-refractivity contribution >= 4 is 45.7 Å². The van der Waals surface area contributed by atoms with Crippen LogP contribution in [-0.4, -0.2) is 27.6 Å². The van der Waals surface area contributed by atoms with E-state index in [1.165, 1.54) is 3.57 Å². The van der Waals surface area contributed by atoms with E-state index >= 15 is 0 Å². The minimum absolute atomic E-state index is 0.0338. The summed E-state index contributed by atoms with van der Waals surface area (Å²) in [5, 5.41) is 10.9. The number of nitrogens with zero attached hydrogens (tertiary/aromatic N) is 3. The van der Waals surface area contributed by atoms with Gasteiger partial charge >= 0.3 is 0 Å². The van der Waals surface area contributed by atoms with E-state index < -0.39 is 0 Å². The maximum atomic E-state index is 11.8. The predicted molar refractivity (Wildman–Crippen MR) is 118 cm³/mol. The molecular weight excluding hydrogens is 465 g/mol. The van der Waals surface area contributed by atoms with Gasteiger partial charge in [-0.15, -0.1) is 0 Å². The Kier molecular flexibility index (Phi) is 4.04. The van der Waals surface area contributed by atoms with Gasteiger partial charge in [-0.2, -0.15) is 9.61 Å². The third-order valence-corrected chi connectivity index (χ3v) is 5.63. The van der Waals surface area contributed by atoms with Gasteiger partial charge in [0.05, 0.1) is 11.9 Å². The van der Waals surface area contributed by atoms with Crippen LogP contribution in [0.3, 0.4) is 0 Å². The second-order valence-electron chi connectivity index (χ2n) is 6.64. The van der Waals surface area contributed by atoms with Crippen LogP contribution in [0.4, 0.5) is 11.6 Å². The summed E-state index contributed by atoms with van der Waals surface area (Å²) in [5.74, 6) is 0.708. The summed E-state index contributed by atoms with van der Waals surface area (Å²) >= 11 is 2.30. The highest BCUT2D eigenvalue weighted by atomic mass is 127. The van der Waals surface area contributed by atoms with E-state index in [4.69, 9.17) is 5.10 Å². The standard InChI is InChI=1S/C21H16IN5O/c1-23-21-24-9-8-17-19(13-4-7-16-14(10-13)11-18(28)25-16)20(26-27(17)21)12-2-5-15(22)6-3-12/h2-10H,11H2,1H3,(H,23,24)(H,25,28). The average Bonchev–Trinajstić information content (AvgIpc) is 3.27. The number of benzene rings is 2. The summed E-state index contributed by atoms with van der Waals surface area (Å²) in [7, 11) is 1.83. The molecule has 28 heavy (non-hydrogen) atoms. The van der Waals surface area contributed by atoms with E-state index in [1.807, 2.05) is 29.8 Å². The largest absolute Gasteiger partial charge is 0.357 e. The predicted octanol–water partition coefficient (Wildman–Crippen LogP) is 4.20. The Balaban J connectivity index is 1.79. The molecule has 0 fully saturated rings. The Morgan fingerprint density at radius 1 is 1.11 bits per heavy atom. The number of anilines is 2. The van der Waals surface area contributed by atoms with Crippen molar-refractivity contribution in [1.29, 1.82) is 0 Å². The van der Waals surface area contributed by atoms with Crippen LogP contribution in [0, 0.1) is 3.57 Å². The second kappa shape index (κ2) is 6.59. The van der Waals surface area contributed by atoms with Crippen LogP contribution in [0.15, 0.2) is 54.7 Å². The van der Waals surface area contributed by atoms with E-state index in [0.29, 0.717) is 12.4 Å². The van der Waals surface area contributed by atoms with Gasteiger partial charge in [0.1, 0.15) is 5.69 Å². The third kappa shape index (κ3) is 2.73. The van der Waals surface area contributed by atoms with Crippen LogP contribution in [0.1, 0.15) is 5.56 Å². The van der Waals surface area contributed by atoms with Crippen molar-refractivity contribution in [2.75, 3.05) is 17.7 Å². The average molecular weight is 481 g/mol. The Morgan fingerprint density at radius 3 is 2.68 bits per heavy atom. The van der Waals surface area contributed by atoms with Gasteiger partial charge in [0.15, 0.2) is 0 Å². The van der Waals surface area contributed by atoms with Gasteiger partial charge in [-0.25, -0.2) is 4.98 Å². The first-order valence-electron chi connectivity index (χ1n) is 8.88. The van der Waals surface area contributed by atoms with Crippen molar-refractivity contribution in [1.82, 2.24) is 14.6 Å². The molecule has 0 atom stereocenters. The zero-order valence-electron chi connectivity index (χ0n) is 15.0. The minimum Gasteiger partial charge on any atom is -0.357 e. The molecule has 1 aliphatic rings. The van der Waals surface area contributed by atoms with Crippen LogP contribution in [0.5, 0.6) is 0 Å². The molecule has 0 unspecified atom stereocenters. The maximum absolute atomic E-state index is 11.8. The van der Waals surface area contributed by atoms with Gasteiger partial charge in [0.25, 0.3) is 0 Å². The van der Waals surface area contributed by atoms with Crippen molar-refractivity contribution in [3.05, 3.63) is 63.9 Å². The van der Waals surface area contributed by atoms with Gasteiger partial charge in [0, 0.05) is 33.6 Å². The number of amides is 1. The second-order valence-corrected chi connectivity index (χ2v) is 7.89. The summed E-state index contributed by atoms with van der Waals surface area (Å²) in [6.07, 6.45) is 2.19. The summed E-state index contributed by atoms with van der Waals surface area (Å²) in [4.78, 5) is 16.2. The molecule has 0 radical (unpaired) electrons. The van der Waals surface area contributed by atoms with E-state index in [9.17, 15) is 4.79 Å². The molecule has 1 amide bonds. The highest BCUT2D eigenvalue weighted by molar-refractivity contribution is 14.1. The van der Waals surface area contributed by atoms with Gasteiger partial charge < -0.3 is 10.6 Å². The zero-order valence-corrected chi connectivity index (χ0v) is 17.2. The molecule has 4 aromatic rings. The van der Waals surface area contributed by atoms with Crippen molar-refractivity contribution in [3.63, 3.8) is 0 Å². The first kappa shape index (κ1) is 17.2. The third-order valence-electron chi connectivity index (χ3n) is 4.91. The number of halogens is 1. The van der Waals surface area contributed by atoms with E-state index in [-0.39, 0.29) is 5.91 Å². The molecule has 1 aliphatic heterocycles. The molecule has 0 bridgehead atoms. The van der Waals surface area contributed by atoms with Gasteiger partial charge in [-0.3, -0.25) is 4.79 Å². The number of aromatic nitrogens is 3. The topological polar surface area (TPSA) is 71.3 Å². The number of fused-ring (bicyclic) bond motifs is 2. The first-order chi connectivity index (χ1) is 13.6. The van der Waals surface area contributed by atoms with Crippen molar-refractivity contribution < 1.29 is 4.79 Å². The number of hydrogen-bond donors (Lipinski definition) is 2. The fraction of sp³-hybridized carbons (Fsp3) is 0.0952. The van der Waals surface area contributed by atoms with Crippen LogP contribution in [-0.2, 0) is 11.2 Å². The lowest BCUT2D eigenvalue weighted by atomic mass is 9.97. The number of nitrogens with one attached hydrogen (secondary N) is 2. The van der Waals surface area contributed by atoms with E-state index in [1.54, 1.807) is 6.20 Å². The molecule has 0 spiro atoms.